The average molecular weight is 286 g/mol. The van der Waals surface area contributed by atoms with Gasteiger partial charge in [-0.3, -0.25) is 9.59 Å². The van der Waals surface area contributed by atoms with Gasteiger partial charge in [0.2, 0.25) is 11.8 Å². The first-order chi connectivity index (χ1) is 10.1. The molecule has 0 saturated carbocycles. The van der Waals surface area contributed by atoms with E-state index < -0.39 is 0 Å². The molecule has 0 aliphatic rings. The van der Waals surface area contributed by atoms with E-state index in [1.54, 1.807) is 24.5 Å². The van der Waals surface area contributed by atoms with Crippen molar-refractivity contribution in [3.8, 4) is 0 Å². The lowest BCUT2D eigenvalue weighted by Gasteiger charge is -2.06. The Kier molecular flexibility index (Phi) is 5.09. The Hall–Kier alpha value is -2.63. The molecule has 1 aromatic heterocycles. The number of hydrogen-bond acceptors (Lipinski definition) is 3. The third-order valence-electron chi connectivity index (χ3n) is 2.88. The number of nitrogens with zero attached hydrogens (tertiary/aromatic N) is 1. The van der Waals surface area contributed by atoms with E-state index in [9.17, 15) is 9.59 Å². The minimum Gasteiger partial charge on any atom is -0.355 e. The lowest BCUT2D eigenvalue weighted by atomic mass is 10.1. The van der Waals surface area contributed by atoms with Gasteiger partial charge in [0.25, 0.3) is 0 Å². The van der Waals surface area contributed by atoms with Gasteiger partial charge in [-0.25, -0.2) is 4.98 Å². The molecule has 2 aromatic rings. The molecule has 0 unspecified atom stereocenters. The number of benzene rings is 1. The standard InChI is InChI=1S/C15H18N4O2/c1-11(20)19-13-4-2-12(3-5-13)10-15(21)18-7-6-14-16-8-9-17-14/h2-5,8-9H,6-7,10H2,1H3,(H,16,17)(H,18,21)(H,19,20). The Morgan fingerprint density at radius 2 is 2.00 bits per heavy atom. The van der Waals surface area contributed by atoms with Crippen LogP contribution in [0.3, 0.4) is 0 Å². The fourth-order valence-corrected chi connectivity index (χ4v) is 1.91. The van der Waals surface area contributed by atoms with E-state index in [-0.39, 0.29) is 11.8 Å². The predicted molar refractivity (Wildman–Crippen MR) is 79.8 cm³/mol. The van der Waals surface area contributed by atoms with Crippen molar-refractivity contribution in [2.75, 3.05) is 11.9 Å². The van der Waals surface area contributed by atoms with Crippen LogP contribution in [0.5, 0.6) is 0 Å². The quantitative estimate of drug-likeness (QED) is 0.747. The van der Waals surface area contributed by atoms with Crippen molar-refractivity contribution >= 4 is 17.5 Å². The second kappa shape index (κ2) is 7.23. The number of anilines is 1. The third-order valence-corrected chi connectivity index (χ3v) is 2.88. The van der Waals surface area contributed by atoms with Crippen molar-refractivity contribution in [1.82, 2.24) is 15.3 Å². The molecule has 1 aromatic carbocycles. The Balaban J connectivity index is 1.75. The van der Waals surface area contributed by atoms with Gasteiger partial charge in [-0.1, -0.05) is 12.1 Å². The normalized spacial score (nSPS) is 10.1. The van der Waals surface area contributed by atoms with E-state index in [4.69, 9.17) is 0 Å². The fourth-order valence-electron chi connectivity index (χ4n) is 1.91. The van der Waals surface area contributed by atoms with E-state index in [0.29, 0.717) is 19.4 Å². The Labute approximate surface area is 123 Å². The Morgan fingerprint density at radius 1 is 1.24 bits per heavy atom. The summed E-state index contributed by atoms with van der Waals surface area (Å²) >= 11 is 0. The molecule has 3 N–H and O–H groups in total. The summed E-state index contributed by atoms with van der Waals surface area (Å²) < 4.78 is 0. The molecule has 0 aliphatic heterocycles. The SMILES string of the molecule is CC(=O)Nc1ccc(CC(=O)NCCc2ncc[nH]2)cc1. The van der Waals surface area contributed by atoms with Gasteiger partial charge in [0.15, 0.2) is 0 Å². The highest BCUT2D eigenvalue weighted by Gasteiger charge is 2.04. The van der Waals surface area contributed by atoms with Crippen molar-refractivity contribution in [1.29, 1.82) is 0 Å². The second-order valence-electron chi connectivity index (χ2n) is 4.69. The number of aromatic amines is 1. The van der Waals surface area contributed by atoms with Crippen molar-refractivity contribution in [2.24, 2.45) is 0 Å². The lowest BCUT2D eigenvalue weighted by Crippen LogP contribution is -2.27. The van der Waals surface area contributed by atoms with Crippen LogP contribution in [0.2, 0.25) is 0 Å². The number of amides is 2. The minimum absolute atomic E-state index is 0.0335. The smallest absolute Gasteiger partial charge is 0.224 e. The zero-order valence-corrected chi connectivity index (χ0v) is 11.8. The van der Waals surface area contributed by atoms with Crippen molar-refractivity contribution in [3.05, 3.63) is 48.0 Å². The topological polar surface area (TPSA) is 86.9 Å². The van der Waals surface area contributed by atoms with Gasteiger partial charge < -0.3 is 15.6 Å². The summed E-state index contributed by atoms with van der Waals surface area (Å²) in [4.78, 5) is 29.8. The molecule has 6 nitrogen and oxygen atoms in total. The number of H-pyrrole nitrogens is 1. The minimum atomic E-state index is -0.113. The van der Waals surface area contributed by atoms with Crippen LogP contribution in [-0.4, -0.2) is 28.3 Å². The molecule has 0 atom stereocenters. The van der Waals surface area contributed by atoms with Crippen LogP contribution in [-0.2, 0) is 22.4 Å². The molecular formula is C15H18N4O2. The van der Waals surface area contributed by atoms with E-state index in [1.165, 1.54) is 6.92 Å². The molecule has 0 saturated heterocycles. The van der Waals surface area contributed by atoms with Gasteiger partial charge in [0.05, 0.1) is 6.42 Å². The molecule has 0 spiro atoms. The van der Waals surface area contributed by atoms with E-state index in [2.05, 4.69) is 20.6 Å². The summed E-state index contributed by atoms with van der Waals surface area (Å²) in [7, 11) is 0. The molecule has 0 aliphatic carbocycles. The predicted octanol–water partition coefficient (Wildman–Crippen LogP) is 1.27. The first kappa shape index (κ1) is 14.8. The summed E-state index contributed by atoms with van der Waals surface area (Å²) in [6, 6.07) is 7.23. The summed E-state index contributed by atoms with van der Waals surface area (Å²) in [5.74, 6) is 0.710. The molecule has 6 heteroatoms. The maximum atomic E-state index is 11.8. The lowest BCUT2D eigenvalue weighted by molar-refractivity contribution is -0.120. The van der Waals surface area contributed by atoms with E-state index in [1.807, 2.05) is 12.1 Å². The van der Waals surface area contributed by atoms with Crippen LogP contribution in [0, 0.1) is 0 Å². The highest BCUT2D eigenvalue weighted by Crippen LogP contribution is 2.09. The van der Waals surface area contributed by atoms with Crippen LogP contribution in [0.4, 0.5) is 5.69 Å². The first-order valence-electron chi connectivity index (χ1n) is 6.75. The van der Waals surface area contributed by atoms with Crippen molar-refractivity contribution < 1.29 is 9.59 Å². The third kappa shape index (κ3) is 5.10. The fraction of sp³-hybridized carbons (Fsp3) is 0.267. The van der Waals surface area contributed by atoms with Crippen LogP contribution in [0.25, 0.3) is 0 Å². The van der Waals surface area contributed by atoms with Crippen LogP contribution < -0.4 is 10.6 Å². The summed E-state index contributed by atoms with van der Waals surface area (Å²) in [6.45, 7) is 2.01. The summed E-state index contributed by atoms with van der Waals surface area (Å²) in [5.41, 5.74) is 1.63. The highest BCUT2D eigenvalue weighted by atomic mass is 16.2. The average Bonchev–Trinajstić information content (AvgIpc) is 2.93. The van der Waals surface area contributed by atoms with Gasteiger partial charge in [-0.15, -0.1) is 0 Å². The number of carbonyl (C=O) groups is 2. The van der Waals surface area contributed by atoms with Crippen molar-refractivity contribution in [2.45, 2.75) is 19.8 Å². The zero-order chi connectivity index (χ0) is 15.1. The number of imidazole rings is 1. The summed E-state index contributed by atoms with van der Waals surface area (Å²) in [6.07, 6.45) is 4.44. The number of carbonyl (C=O) groups excluding carboxylic acids is 2. The molecule has 0 bridgehead atoms. The van der Waals surface area contributed by atoms with Crippen LogP contribution in [0.15, 0.2) is 36.7 Å². The molecule has 0 radical (unpaired) electrons. The van der Waals surface area contributed by atoms with Gasteiger partial charge in [0.1, 0.15) is 5.82 Å². The number of aromatic nitrogens is 2. The van der Waals surface area contributed by atoms with Crippen molar-refractivity contribution in [3.63, 3.8) is 0 Å². The molecule has 1 heterocycles. The molecule has 110 valence electrons. The van der Waals surface area contributed by atoms with E-state index >= 15 is 0 Å². The van der Waals surface area contributed by atoms with E-state index in [0.717, 1.165) is 17.1 Å². The second-order valence-corrected chi connectivity index (χ2v) is 4.69. The van der Waals surface area contributed by atoms with Gasteiger partial charge in [-0.05, 0) is 17.7 Å². The van der Waals surface area contributed by atoms with Crippen LogP contribution >= 0.6 is 0 Å². The maximum absolute atomic E-state index is 11.8. The largest absolute Gasteiger partial charge is 0.355 e. The number of rotatable bonds is 6. The molecule has 0 fully saturated rings. The number of hydrogen-bond donors (Lipinski definition) is 3. The monoisotopic (exact) mass is 286 g/mol. The van der Waals surface area contributed by atoms with Gasteiger partial charge in [-0.2, -0.15) is 0 Å². The molecule has 2 amide bonds. The van der Waals surface area contributed by atoms with Gasteiger partial charge >= 0.3 is 0 Å². The highest BCUT2D eigenvalue weighted by molar-refractivity contribution is 5.88. The van der Waals surface area contributed by atoms with Gasteiger partial charge in [0, 0.05) is 38.0 Å². The summed E-state index contributed by atoms with van der Waals surface area (Å²) in [5, 5.41) is 5.53. The number of nitrogens with one attached hydrogen (secondary N) is 3. The molecule has 21 heavy (non-hydrogen) atoms. The maximum Gasteiger partial charge on any atom is 0.224 e. The molecule has 2 rings (SSSR count). The molecular weight excluding hydrogens is 268 g/mol. The zero-order valence-electron chi connectivity index (χ0n) is 11.8. The Bertz CT molecular complexity index is 591. The van der Waals surface area contributed by atoms with Crippen LogP contribution in [0.1, 0.15) is 18.3 Å². The first-order valence-corrected chi connectivity index (χ1v) is 6.75. The Morgan fingerprint density at radius 3 is 2.62 bits per heavy atom.